The molecule has 7 heteroatoms. The molecule has 0 spiro atoms. The number of carbonyl (C=O) groups excluding carboxylic acids is 1. The summed E-state index contributed by atoms with van der Waals surface area (Å²) < 4.78 is 0. The van der Waals surface area contributed by atoms with Crippen molar-refractivity contribution in [2.75, 3.05) is 5.32 Å². The Morgan fingerprint density at radius 3 is 2.77 bits per heavy atom. The molecule has 22 heavy (non-hydrogen) atoms. The summed E-state index contributed by atoms with van der Waals surface area (Å²) in [5.74, 6) is -0.293. The van der Waals surface area contributed by atoms with Crippen LogP contribution in [0.4, 0.5) is 5.69 Å². The maximum atomic E-state index is 12.2. The number of pyridine rings is 1. The molecule has 0 saturated heterocycles. The number of benzene rings is 1. The van der Waals surface area contributed by atoms with E-state index in [1.165, 1.54) is 11.3 Å². The van der Waals surface area contributed by atoms with Gasteiger partial charge in [0.25, 0.3) is 5.91 Å². The third-order valence-electron chi connectivity index (χ3n) is 2.83. The first-order valence-corrected chi connectivity index (χ1v) is 7.89. The Morgan fingerprint density at radius 2 is 2.05 bits per heavy atom. The summed E-state index contributed by atoms with van der Waals surface area (Å²) in [4.78, 5) is 20.6. The molecular weight excluding hydrogens is 341 g/mol. The smallest absolute Gasteiger partial charge is 0.284 e. The normalized spacial score (nSPS) is 10.5. The van der Waals surface area contributed by atoms with E-state index in [4.69, 9.17) is 23.2 Å². The van der Waals surface area contributed by atoms with Crippen LogP contribution in [0.25, 0.3) is 11.3 Å². The summed E-state index contributed by atoms with van der Waals surface area (Å²) in [5, 5.41) is 5.75. The van der Waals surface area contributed by atoms with E-state index in [-0.39, 0.29) is 5.91 Å². The molecule has 0 aliphatic carbocycles. The largest absolute Gasteiger partial charge is 0.320 e. The molecule has 1 amide bonds. The van der Waals surface area contributed by atoms with Crippen molar-refractivity contribution in [1.82, 2.24) is 9.97 Å². The molecule has 0 fully saturated rings. The van der Waals surface area contributed by atoms with Crippen molar-refractivity contribution in [3.63, 3.8) is 0 Å². The standard InChI is InChI=1S/C15H9Cl2N3OS/c16-11-4-3-10(6-12(11)17)19-14(21)15-20-13(8-22-15)9-2-1-5-18-7-9/h1-8H,(H,19,21). The van der Waals surface area contributed by atoms with Crippen LogP contribution in [0, 0.1) is 0 Å². The second-order valence-electron chi connectivity index (χ2n) is 4.36. The molecule has 0 aliphatic heterocycles. The second kappa shape index (κ2) is 6.44. The quantitative estimate of drug-likeness (QED) is 0.741. The number of hydrogen-bond acceptors (Lipinski definition) is 4. The zero-order chi connectivity index (χ0) is 15.5. The predicted octanol–water partition coefficient (Wildman–Crippen LogP) is 4.76. The minimum absolute atomic E-state index is 0.293. The van der Waals surface area contributed by atoms with E-state index >= 15 is 0 Å². The van der Waals surface area contributed by atoms with Gasteiger partial charge in [-0.15, -0.1) is 11.3 Å². The zero-order valence-corrected chi connectivity index (χ0v) is 13.4. The molecule has 0 radical (unpaired) electrons. The second-order valence-corrected chi connectivity index (χ2v) is 6.04. The number of rotatable bonds is 3. The number of halogens is 2. The van der Waals surface area contributed by atoms with Crippen LogP contribution in [0.15, 0.2) is 48.1 Å². The highest BCUT2D eigenvalue weighted by molar-refractivity contribution is 7.12. The Kier molecular flexibility index (Phi) is 4.38. The number of anilines is 1. The third-order valence-corrected chi connectivity index (χ3v) is 4.41. The van der Waals surface area contributed by atoms with Gasteiger partial charge in [-0.2, -0.15) is 0 Å². The molecular formula is C15H9Cl2N3OS. The number of nitrogens with one attached hydrogen (secondary N) is 1. The first-order valence-electron chi connectivity index (χ1n) is 6.26. The van der Waals surface area contributed by atoms with Crippen molar-refractivity contribution in [2.45, 2.75) is 0 Å². The van der Waals surface area contributed by atoms with Gasteiger partial charge in [0.1, 0.15) is 0 Å². The molecule has 3 aromatic rings. The van der Waals surface area contributed by atoms with Crippen molar-refractivity contribution in [3.8, 4) is 11.3 Å². The van der Waals surface area contributed by atoms with Crippen molar-refractivity contribution in [3.05, 3.63) is 63.2 Å². The number of carbonyl (C=O) groups is 1. The highest BCUT2D eigenvalue weighted by Gasteiger charge is 2.13. The molecule has 3 rings (SSSR count). The van der Waals surface area contributed by atoms with Gasteiger partial charge >= 0.3 is 0 Å². The van der Waals surface area contributed by atoms with Crippen LogP contribution in [-0.2, 0) is 0 Å². The van der Waals surface area contributed by atoms with E-state index in [0.717, 1.165) is 11.3 Å². The topological polar surface area (TPSA) is 54.9 Å². The fourth-order valence-electron chi connectivity index (χ4n) is 1.78. The van der Waals surface area contributed by atoms with Crippen molar-refractivity contribution in [1.29, 1.82) is 0 Å². The monoisotopic (exact) mass is 349 g/mol. The Balaban J connectivity index is 1.78. The van der Waals surface area contributed by atoms with Crippen LogP contribution in [0.3, 0.4) is 0 Å². The predicted molar refractivity (Wildman–Crippen MR) is 89.8 cm³/mol. The van der Waals surface area contributed by atoms with E-state index in [1.807, 2.05) is 17.5 Å². The lowest BCUT2D eigenvalue weighted by Gasteiger charge is -2.04. The molecule has 1 aromatic carbocycles. The number of thiazole rings is 1. The van der Waals surface area contributed by atoms with E-state index in [9.17, 15) is 4.79 Å². The van der Waals surface area contributed by atoms with E-state index in [2.05, 4.69) is 15.3 Å². The lowest BCUT2D eigenvalue weighted by Crippen LogP contribution is -2.11. The van der Waals surface area contributed by atoms with Crippen LogP contribution in [0.2, 0.25) is 10.0 Å². The molecule has 0 saturated carbocycles. The number of aromatic nitrogens is 2. The fraction of sp³-hybridized carbons (Fsp3) is 0. The van der Waals surface area contributed by atoms with Gasteiger partial charge in [-0.25, -0.2) is 4.98 Å². The van der Waals surface area contributed by atoms with Crippen molar-refractivity contribution in [2.24, 2.45) is 0 Å². The van der Waals surface area contributed by atoms with Gasteiger partial charge in [-0.3, -0.25) is 9.78 Å². The highest BCUT2D eigenvalue weighted by atomic mass is 35.5. The van der Waals surface area contributed by atoms with Gasteiger partial charge in [0.05, 0.1) is 15.7 Å². The van der Waals surface area contributed by atoms with Crippen LogP contribution < -0.4 is 5.32 Å². The van der Waals surface area contributed by atoms with Crippen LogP contribution in [-0.4, -0.2) is 15.9 Å². The molecule has 1 N–H and O–H groups in total. The summed E-state index contributed by atoms with van der Waals surface area (Å²) in [6.07, 6.45) is 3.39. The zero-order valence-electron chi connectivity index (χ0n) is 11.1. The Bertz CT molecular complexity index is 821. The van der Waals surface area contributed by atoms with Gasteiger partial charge in [0, 0.05) is 29.0 Å². The average Bonchev–Trinajstić information content (AvgIpc) is 3.02. The lowest BCUT2D eigenvalue weighted by molar-refractivity contribution is 0.102. The van der Waals surface area contributed by atoms with Crippen LogP contribution >= 0.6 is 34.5 Å². The molecule has 2 aromatic heterocycles. The summed E-state index contributed by atoms with van der Waals surface area (Å²) in [7, 11) is 0. The molecule has 110 valence electrons. The van der Waals surface area contributed by atoms with E-state index in [1.54, 1.807) is 30.6 Å². The molecule has 0 aliphatic rings. The maximum Gasteiger partial charge on any atom is 0.284 e. The number of hydrogen-bond donors (Lipinski definition) is 1. The Labute approximate surface area is 140 Å². The Hall–Kier alpha value is -1.95. The first-order chi connectivity index (χ1) is 10.6. The van der Waals surface area contributed by atoms with Crippen molar-refractivity contribution >= 4 is 46.1 Å². The average molecular weight is 350 g/mol. The Morgan fingerprint density at radius 1 is 1.18 bits per heavy atom. The van der Waals surface area contributed by atoms with Crippen LogP contribution in [0.5, 0.6) is 0 Å². The minimum Gasteiger partial charge on any atom is -0.320 e. The van der Waals surface area contributed by atoms with E-state index < -0.39 is 0 Å². The minimum atomic E-state index is -0.293. The van der Waals surface area contributed by atoms with Gasteiger partial charge in [-0.05, 0) is 30.3 Å². The van der Waals surface area contributed by atoms with Gasteiger partial charge in [0.2, 0.25) is 0 Å². The molecule has 2 heterocycles. The summed E-state index contributed by atoms with van der Waals surface area (Å²) in [5.41, 5.74) is 2.15. The van der Waals surface area contributed by atoms with Gasteiger partial charge < -0.3 is 5.32 Å². The fourth-order valence-corrected chi connectivity index (χ4v) is 2.80. The first kappa shape index (κ1) is 15.0. The SMILES string of the molecule is O=C(Nc1ccc(Cl)c(Cl)c1)c1nc(-c2cccnc2)cs1. The summed E-state index contributed by atoms with van der Waals surface area (Å²) in [6, 6.07) is 8.62. The third kappa shape index (κ3) is 3.27. The van der Waals surface area contributed by atoms with Crippen molar-refractivity contribution < 1.29 is 4.79 Å². The number of nitrogens with zero attached hydrogens (tertiary/aromatic N) is 2. The maximum absolute atomic E-state index is 12.2. The molecule has 0 atom stereocenters. The lowest BCUT2D eigenvalue weighted by atomic mass is 10.2. The molecule has 0 unspecified atom stereocenters. The van der Waals surface area contributed by atoms with Gasteiger partial charge in [-0.1, -0.05) is 23.2 Å². The summed E-state index contributed by atoms with van der Waals surface area (Å²) >= 11 is 13.0. The number of amides is 1. The van der Waals surface area contributed by atoms with Gasteiger partial charge in [0.15, 0.2) is 5.01 Å². The van der Waals surface area contributed by atoms with E-state index in [0.29, 0.717) is 20.7 Å². The molecule has 0 bridgehead atoms. The molecule has 4 nitrogen and oxygen atoms in total. The van der Waals surface area contributed by atoms with Crippen LogP contribution in [0.1, 0.15) is 9.80 Å². The summed E-state index contributed by atoms with van der Waals surface area (Å²) in [6.45, 7) is 0. The highest BCUT2D eigenvalue weighted by Crippen LogP contribution is 2.26.